The number of nitrogens with two attached hydrogens (primary N) is 1. The fourth-order valence-electron chi connectivity index (χ4n) is 5.80. The summed E-state index contributed by atoms with van der Waals surface area (Å²) in [5.41, 5.74) is 8.29. The molecule has 6 heteroatoms. The Morgan fingerprint density at radius 2 is 1.24 bits per heavy atom. The molecule has 2 N–H and O–H groups in total. The van der Waals surface area contributed by atoms with Crippen molar-refractivity contribution in [2.45, 2.75) is 81.9 Å². The van der Waals surface area contributed by atoms with Crippen molar-refractivity contribution < 1.29 is 13.1 Å². The molecule has 2 fully saturated rings. The van der Waals surface area contributed by atoms with Gasteiger partial charge in [-0.3, -0.25) is 4.98 Å². The maximum atomic E-state index is 5.78. The van der Waals surface area contributed by atoms with Crippen LogP contribution in [0.3, 0.4) is 0 Å². The van der Waals surface area contributed by atoms with E-state index < -0.39 is 0 Å². The average molecular weight is 551 g/mol. The number of aromatic nitrogens is 1. The van der Waals surface area contributed by atoms with Gasteiger partial charge < -0.3 is 31.4 Å². The molecule has 0 saturated heterocycles. The molecule has 4 atom stereocenters. The first-order chi connectivity index (χ1) is 16.2. The van der Waals surface area contributed by atoms with E-state index in [1.54, 1.807) is 0 Å². The van der Waals surface area contributed by atoms with Gasteiger partial charge >= 0.3 is 33.3 Å². The van der Waals surface area contributed by atoms with Crippen LogP contribution in [0.15, 0.2) is 17.0 Å². The van der Waals surface area contributed by atoms with Crippen LogP contribution in [0.4, 0.5) is 0 Å². The van der Waals surface area contributed by atoms with E-state index in [1.165, 1.54) is 80.5 Å². The van der Waals surface area contributed by atoms with Crippen LogP contribution in [-0.4, -0.2) is 17.3 Å². The molecular formula is C27H40Cl2MnN2S-4. The van der Waals surface area contributed by atoms with Crippen molar-refractivity contribution in [1.29, 1.82) is 0 Å². The van der Waals surface area contributed by atoms with Gasteiger partial charge in [-0.1, -0.05) is 51.4 Å². The molecule has 1 aromatic heterocycles. The first-order valence-corrected chi connectivity index (χ1v) is 17.0. The number of rotatable bonds is 3. The summed E-state index contributed by atoms with van der Waals surface area (Å²) in [4.78, 5) is 6.45. The van der Waals surface area contributed by atoms with E-state index in [2.05, 4.69) is 37.8 Å². The Morgan fingerprint density at radius 3 is 1.67 bits per heavy atom. The Morgan fingerprint density at radius 1 is 0.818 bits per heavy atom. The van der Waals surface area contributed by atoms with Crippen LogP contribution in [0, 0.1) is 49.4 Å². The Hall–Kier alpha value is 0.559. The van der Waals surface area contributed by atoms with Crippen LogP contribution >= 0.6 is 32.0 Å². The van der Waals surface area contributed by atoms with Crippen LogP contribution in [0.5, 0.6) is 0 Å². The molecule has 2 unspecified atom stereocenters. The van der Waals surface area contributed by atoms with Crippen LogP contribution < -0.4 is 5.73 Å². The van der Waals surface area contributed by atoms with Gasteiger partial charge in [-0.05, 0) is 12.1 Å². The molecule has 4 rings (SSSR count). The van der Waals surface area contributed by atoms with Crippen LogP contribution in [0.2, 0.25) is 0 Å². The van der Waals surface area contributed by atoms with Crippen molar-refractivity contribution in [3.05, 3.63) is 49.2 Å². The van der Waals surface area contributed by atoms with Gasteiger partial charge in [0, 0.05) is 28.6 Å². The fraction of sp³-hybridized carbons (Fsp3) is 0.667. The van der Waals surface area contributed by atoms with Gasteiger partial charge in [0.05, 0.1) is 0 Å². The summed E-state index contributed by atoms with van der Waals surface area (Å²) in [7, 11) is 9.59. The fourth-order valence-corrected chi connectivity index (χ4v) is 6.59. The number of hydrogen-bond donors (Lipinski definition) is 1. The molecule has 1 aliphatic heterocycles. The van der Waals surface area contributed by atoms with Crippen LogP contribution in [0.1, 0.15) is 75.6 Å². The van der Waals surface area contributed by atoms with E-state index in [0.717, 1.165) is 48.8 Å². The van der Waals surface area contributed by atoms with Gasteiger partial charge in [-0.2, -0.15) is 23.7 Å². The SMILES string of the molecule is NCCSc1cc2nc(c1)C[CH-][C@@H]1CCCC[C@H]1[CH-]CC[CH-]C1CCCCC1[CH-]C2.[Cl][Mn][Cl]. The van der Waals surface area contributed by atoms with Crippen molar-refractivity contribution in [2.75, 3.05) is 12.3 Å². The van der Waals surface area contributed by atoms with E-state index in [0.29, 0.717) is 0 Å². The van der Waals surface area contributed by atoms with Gasteiger partial charge in [0.15, 0.2) is 0 Å². The van der Waals surface area contributed by atoms with Crippen molar-refractivity contribution in [2.24, 2.45) is 29.4 Å². The van der Waals surface area contributed by atoms with Gasteiger partial charge in [0.1, 0.15) is 0 Å². The molecule has 2 aliphatic carbocycles. The molecule has 3 aliphatic rings. The second-order valence-electron chi connectivity index (χ2n) is 9.63. The normalized spacial score (nSPS) is 28.8. The zero-order valence-electron chi connectivity index (χ0n) is 19.7. The van der Waals surface area contributed by atoms with Gasteiger partial charge in [-0.25, -0.2) is 12.8 Å². The maximum absolute atomic E-state index is 5.78. The standard InChI is InChI=1S/C27H40N2S.2ClH.Mn/c28-17-18-30-27-19-25-15-13-23-11-5-3-9-21(23)7-1-2-8-22-10-4-6-12-24(22)14-16-26(20-27)29-25;;;/h7-8,13-14,19-24H,1-6,9-12,15-18,28H2;2*1H;/q-4;;;+2/p-2/t21-,22?,23+,24?;;;/m1.../s1. The Kier molecular flexibility index (Phi) is 13.9. The van der Waals surface area contributed by atoms with Gasteiger partial charge in [0.2, 0.25) is 0 Å². The van der Waals surface area contributed by atoms with Crippen molar-refractivity contribution in [3.8, 4) is 0 Å². The summed E-state index contributed by atoms with van der Waals surface area (Å²) in [6.45, 7) is 0.731. The monoisotopic (exact) mass is 549 g/mol. The second kappa shape index (κ2) is 16.3. The zero-order valence-corrected chi connectivity index (χ0v) is 23.2. The van der Waals surface area contributed by atoms with Crippen LogP contribution in [-0.2, 0) is 26.0 Å². The summed E-state index contributed by atoms with van der Waals surface area (Å²) in [5, 5.41) is 0. The predicted molar refractivity (Wildman–Crippen MR) is 140 cm³/mol. The van der Waals surface area contributed by atoms with E-state index in [-0.39, 0.29) is 13.1 Å². The molecule has 2 saturated carbocycles. The second-order valence-corrected chi connectivity index (χ2v) is 12.7. The van der Waals surface area contributed by atoms with Crippen molar-refractivity contribution >= 4 is 32.0 Å². The number of hydrogen-bond acceptors (Lipinski definition) is 3. The molecule has 1 aromatic rings. The number of pyridine rings is 1. The van der Waals surface area contributed by atoms with Crippen LogP contribution in [0.25, 0.3) is 0 Å². The van der Waals surface area contributed by atoms with Gasteiger partial charge in [0.25, 0.3) is 0 Å². The topological polar surface area (TPSA) is 38.9 Å². The molecule has 33 heavy (non-hydrogen) atoms. The quantitative estimate of drug-likeness (QED) is 0.237. The van der Waals surface area contributed by atoms with Crippen molar-refractivity contribution in [3.63, 3.8) is 0 Å². The molecule has 2 nitrogen and oxygen atoms in total. The molecule has 0 aromatic carbocycles. The average Bonchev–Trinajstić information content (AvgIpc) is 2.84. The number of thioether (sulfide) groups is 1. The molecule has 0 amide bonds. The summed E-state index contributed by atoms with van der Waals surface area (Å²) in [6.07, 6.45) is 26.2. The molecule has 0 radical (unpaired) electrons. The third-order valence-corrected chi connectivity index (χ3v) is 8.42. The Balaban J connectivity index is 0.000000968. The van der Waals surface area contributed by atoms with E-state index in [1.807, 2.05) is 11.8 Å². The third kappa shape index (κ3) is 9.85. The molecule has 0 spiro atoms. The van der Waals surface area contributed by atoms with Crippen molar-refractivity contribution in [1.82, 2.24) is 4.98 Å². The first kappa shape index (κ1) is 28.1. The summed E-state index contributed by atoms with van der Waals surface area (Å²) >= 11 is 1.89. The van der Waals surface area contributed by atoms with E-state index in [9.17, 15) is 0 Å². The Bertz CT molecular complexity index is 629. The summed E-state index contributed by atoms with van der Waals surface area (Å²) in [5.74, 6) is 4.02. The summed E-state index contributed by atoms with van der Waals surface area (Å²) < 4.78 is 0. The van der Waals surface area contributed by atoms with E-state index in [4.69, 9.17) is 30.9 Å². The Labute approximate surface area is 221 Å². The number of halogens is 2. The minimum absolute atomic E-state index is 0.00694. The van der Waals surface area contributed by atoms with Gasteiger partial charge in [-0.15, -0.1) is 24.6 Å². The minimum atomic E-state index is 0.00694. The van der Waals surface area contributed by atoms with E-state index >= 15 is 0 Å². The molecule has 189 valence electrons. The molecule has 2 bridgehead atoms. The number of nitrogens with zero attached hydrogens (tertiary/aromatic N) is 1. The predicted octanol–water partition coefficient (Wildman–Crippen LogP) is 7.82. The summed E-state index contributed by atoms with van der Waals surface area (Å²) in [6, 6.07) is 4.63. The molecular weight excluding hydrogens is 510 g/mol. The molecule has 2 heterocycles. The zero-order chi connectivity index (χ0) is 23.3. The number of fused-ring (bicyclic) bond motifs is 4. The first-order valence-electron chi connectivity index (χ1n) is 12.8. The third-order valence-electron chi connectivity index (χ3n) is 7.41.